The molecule has 0 saturated carbocycles. The highest BCUT2D eigenvalue weighted by Crippen LogP contribution is 2.03. The van der Waals surface area contributed by atoms with E-state index in [2.05, 4.69) is 0 Å². The van der Waals surface area contributed by atoms with Crippen LogP contribution in [0, 0.1) is 0 Å². The van der Waals surface area contributed by atoms with Crippen LogP contribution in [-0.4, -0.2) is 40.6 Å². The van der Waals surface area contributed by atoms with Crippen LogP contribution in [0.4, 0.5) is 4.79 Å². The number of carboxylic acid groups (broad SMARTS) is 1. The molecule has 15 heavy (non-hydrogen) atoms. The summed E-state index contributed by atoms with van der Waals surface area (Å²) in [5.74, 6) is -0.956. The molecule has 8 heteroatoms. The van der Waals surface area contributed by atoms with E-state index in [0.717, 1.165) is 0 Å². The first-order valence-electron chi connectivity index (χ1n) is 4.09. The molecule has 0 aromatic rings. The van der Waals surface area contributed by atoms with Crippen molar-refractivity contribution in [3.05, 3.63) is 0 Å². The van der Waals surface area contributed by atoms with Crippen LogP contribution in [0.2, 0.25) is 0 Å². The van der Waals surface area contributed by atoms with Crippen LogP contribution in [0.3, 0.4) is 0 Å². The van der Waals surface area contributed by atoms with Crippen LogP contribution in [0.25, 0.3) is 0 Å². The molecule has 0 aromatic heterocycles. The minimum Gasteiger partial charge on any atom is -0.480 e. The molecule has 1 atom stereocenters. The zero-order chi connectivity index (χ0) is 11.8. The van der Waals surface area contributed by atoms with Gasteiger partial charge in [0.05, 0.1) is 0 Å². The standard InChI is InChI=1S/C7H13N3O4S/c8-4(6(12)13)3-15-2-1-5(11)10-7(9)14/h4H,1-3,8H2,(H,12,13)(H3,9,10,11,14). The number of amides is 3. The SMILES string of the molecule is NC(=O)NC(=O)CCSCC(N)C(=O)O. The Labute approximate surface area is 90.6 Å². The van der Waals surface area contributed by atoms with Crippen LogP contribution in [0.15, 0.2) is 0 Å². The Hall–Kier alpha value is -1.28. The summed E-state index contributed by atoms with van der Waals surface area (Å²) in [7, 11) is 0. The number of hydrogen-bond donors (Lipinski definition) is 4. The lowest BCUT2D eigenvalue weighted by Crippen LogP contribution is -2.35. The molecule has 86 valence electrons. The highest BCUT2D eigenvalue weighted by atomic mass is 32.2. The van der Waals surface area contributed by atoms with Gasteiger partial charge >= 0.3 is 12.0 Å². The van der Waals surface area contributed by atoms with Gasteiger partial charge in [-0.25, -0.2) is 4.79 Å². The summed E-state index contributed by atoms with van der Waals surface area (Å²) < 4.78 is 0. The molecule has 0 fully saturated rings. The van der Waals surface area contributed by atoms with E-state index in [1.165, 1.54) is 11.8 Å². The van der Waals surface area contributed by atoms with Crippen LogP contribution in [-0.2, 0) is 9.59 Å². The van der Waals surface area contributed by atoms with Crippen molar-refractivity contribution in [2.75, 3.05) is 11.5 Å². The highest BCUT2D eigenvalue weighted by molar-refractivity contribution is 7.99. The molecule has 0 saturated heterocycles. The smallest absolute Gasteiger partial charge is 0.321 e. The predicted octanol–water partition coefficient (Wildman–Crippen LogP) is -1.28. The Kier molecular flexibility index (Phi) is 6.47. The largest absolute Gasteiger partial charge is 0.480 e. The first kappa shape index (κ1) is 13.7. The van der Waals surface area contributed by atoms with Crippen LogP contribution < -0.4 is 16.8 Å². The second-order valence-corrected chi connectivity index (χ2v) is 3.83. The summed E-state index contributed by atoms with van der Waals surface area (Å²) in [6.07, 6.45) is 0.0972. The van der Waals surface area contributed by atoms with E-state index in [1.807, 2.05) is 5.32 Å². The maximum Gasteiger partial charge on any atom is 0.321 e. The minimum absolute atomic E-state index is 0.0972. The summed E-state index contributed by atoms with van der Waals surface area (Å²) in [4.78, 5) is 31.4. The molecule has 0 spiro atoms. The van der Waals surface area contributed by atoms with Gasteiger partial charge in [0.15, 0.2) is 0 Å². The van der Waals surface area contributed by atoms with Gasteiger partial charge in [0.1, 0.15) is 6.04 Å². The molecular formula is C7H13N3O4S. The second-order valence-electron chi connectivity index (χ2n) is 2.68. The van der Waals surface area contributed by atoms with Gasteiger partial charge in [0.2, 0.25) is 5.91 Å². The third kappa shape index (κ3) is 7.77. The molecule has 0 rings (SSSR count). The van der Waals surface area contributed by atoms with E-state index in [-0.39, 0.29) is 12.2 Å². The minimum atomic E-state index is -1.08. The topological polar surface area (TPSA) is 136 Å². The van der Waals surface area contributed by atoms with Crippen LogP contribution in [0.5, 0.6) is 0 Å². The number of carboxylic acids is 1. The van der Waals surface area contributed by atoms with Crippen molar-refractivity contribution >= 4 is 29.7 Å². The Bertz CT molecular complexity index is 259. The van der Waals surface area contributed by atoms with E-state index < -0.39 is 23.9 Å². The van der Waals surface area contributed by atoms with Crippen molar-refractivity contribution in [1.82, 2.24) is 5.32 Å². The molecule has 0 aliphatic heterocycles. The summed E-state index contributed by atoms with van der Waals surface area (Å²) in [6, 6.07) is -1.83. The van der Waals surface area contributed by atoms with E-state index in [1.54, 1.807) is 0 Å². The highest BCUT2D eigenvalue weighted by Gasteiger charge is 2.11. The second kappa shape index (κ2) is 7.07. The summed E-state index contributed by atoms with van der Waals surface area (Å²) in [5, 5.41) is 10.3. The number of urea groups is 1. The maximum atomic E-state index is 10.9. The fourth-order valence-corrected chi connectivity index (χ4v) is 1.54. The van der Waals surface area contributed by atoms with E-state index in [9.17, 15) is 14.4 Å². The molecule has 0 heterocycles. The Morgan fingerprint density at radius 3 is 2.47 bits per heavy atom. The van der Waals surface area contributed by atoms with Gasteiger partial charge in [-0.1, -0.05) is 0 Å². The molecule has 0 aliphatic rings. The van der Waals surface area contributed by atoms with Crippen molar-refractivity contribution < 1.29 is 19.5 Å². The van der Waals surface area contributed by atoms with Gasteiger partial charge in [-0.05, 0) is 0 Å². The normalized spacial score (nSPS) is 11.8. The number of nitrogens with one attached hydrogen (secondary N) is 1. The number of thioether (sulfide) groups is 1. The first-order chi connectivity index (χ1) is 6.93. The molecule has 1 unspecified atom stereocenters. The Morgan fingerprint density at radius 2 is 2.00 bits per heavy atom. The fraction of sp³-hybridized carbons (Fsp3) is 0.571. The molecule has 6 N–H and O–H groups in total. The monoisotopic (exact) mass is 235 g/mol. The number of carbonyl (C=O) groups excluding carboxylic acids is 2. The Morgan fingerprint density at radius 1 is 1.40 bits per heavy atom. The van der Waals surface area contributed by atoms with Gasteiger partial charge in [-0.15, -0.1) is 0 Å². The molecule has 0 radical (unpaired) electrons. The molecule has 0 aromatic carbocycles. The lowest BCUT2D eigenvalue weighted by molar-refractivity contribution is -0.137. The van der Waals surface area contributed by atoms with Gasteiger partial charge < -0.3 is 16.6 Å². The Balaban J connectivity index is 3.50. The number of carbonyl (C=O) groups is 3. The third-order valence-electron chi connectivity index (χ3n) is 1.35. The van der Waals surface area contributed by atoms with Crippen LogP contribution in [0.1, 0.15) is 6.42 Å². The number of nitrogens with two attached hydrogens (primary N) is 2. The maximum absolute atomic E-state index is 10.9. The average molecular weight is 235 g/mol. The van der Waals surface area contributed by atoms with Crippen molar-refractivity contribution in [3.63, 3.8) is 0 Å². The van der Waals surface area contributed by atoms with Gasteiger partial charge in [0, 0.05) is 17.9 Å². The number of primary amides is 1. The fourth-order valence-electron chi connectivity index (χ4n) is 0.646. The number of rotatable bonds is 6. The third-order valence-corrected chi connectivity index (χ3v) is 2.44. The van der Waals surface area contributed by atoms with E-state index in [0.29, 0.717) is 5.75 Å². The summed E-state index contributed by atoms with van der Waals surface area (Å²) >= 11 is 1.23. The number of aliphatic carboxylic acids is 1. The summed E-state index contributed by atoms with van der Waals surface area (Å²) in [5.41, 5.74) is 9.93. The van der Waals surface area contributed by atoms with Crippen molar-refractivity contribution in [2.24, 2.45) is 11.5 Å². The van der Waals surface area contributed by atoms with E-state index in [4.69, 9.17) is 16.6 Å². The molecule has 3 amide bonds. The molecule has 0 aliphatic carbocycles. The van der Waals surface area contributed by atoms with Crippen molar-refractivity contribution in [2.45, 2.75) is 12.5 Å². The van der Waals surface area contributed by atoms with Gasteiger partial charge in [0.25, 0.3) is 0 Å². The number of hydrogen-bond acceptors (Lipinski definition) is 5. The lowest BCUT2D eigenvalue weighted by atomic mass is 10.4. The predicted molar refractivity (Wildman–Crippen MR) is 55.3 cm³/mol. The molecule has 0 bridgehead atoms. The zero-order valence-corrected chi connectivity index (χ0v) is 8.75. The molecule has 7 nitrogen and oxygen atoms in total. The first-order valence-corrected chi connectivity index (χ1v) is 5.24. The lowest BCUT2D eigenvalue weighted by Gasteiger charge is -2.05. The van der Waals surface area contributed by atoms with Crippen molar-refractivity contribution in [1.29, 1.82) is 0 Å². The zero-order valence-electron chi connectivity index (χ0n) is 7.93. The number of imide groups is 1. The average Bonchev–Trinajstić information content (AvgIpc) is 2.10. The molecular weight excluding hydrogens is 222 g/mol. The van der Waals surface area contributed by atoms with Crippen LogP contribution >= 0.6 is 11.8 Å². The quantitative estimate of drug-likeness (QED) is 0.423. The van der Waals surface area contributed by atoms with Crippen molar-refractivity contribution in [3.8, 4) is 0 Å². The summed E-state index contributed by atoms with van der Waals surface area (Å²) in [6.45, 7) is 0. The van der Waals surface area contributed by atoms with E-state index >= 15 is 0 Å². The van der Waals surface area contributed by atoms with Gasteiger partial charge in [-0.3, -0.25) is 14.9 Å². The van der Waals surface area contributed by atoms with Gasteiger partial charge in [-0.2, -0.15) is 11.8 Å².